The number of rotatable bonds is 4. The summed E-state index contributed by atoms with van der Waals surface area (Å²) in [5.41, 5.74) is 6.90. The summed E-state index contributed by atoms with van der Waals surface area (Å²) in [4.78, 5) is 12.5. The monoisotopic (exact) mass is 302 g/mol. The number of halogens is 1. The van der Waals surface area contributed by atoms with E-state index >= 15 is 0 Å². The van der Waals surface area contributed by atoms with Gasteiger partial charge >= 0.3 is 0 Å². The normalized spacial score (nSPS) is 15.0. The third-order valence-corrected chi connectivity index (χ3v) is 3.81. The molecular formula is C17H19ClN2O. The summed E-state index contributed by atoms with van der Waals surface area (Å²) >= 11 is 5.87. The second-order valence-corrected chi connectivity index (χ2v) is 5.75. The first kappa shape index (κ1) is 15.5. The fourth-order valence-corrected chi connectivity index (χ4v) is 2.22. The Bertz CT molecular complexity index is 608. The van der Waals surface area contributed by atoms with Crippen LogP contribution in [0.5, 0.6) is 0 Å². The van der Waals surface area contributed by atoms with Crippen molar-refractivity contribution in [3.05, 3.63) is 70.7 Å². The predicted octanol–water partition coefficient (Wildman–Crippen LogP) is 3.39. The van der Waals surface area contributed by atoms with Crippen LogP contribution in [0.2, 0.25) is 5.02 Å². The minimum Gasteiger partial charge on any atom is -0.348 e. The van der Waals surface area contributed by atoms with Crippen LogP contribution >= 0.6 is 11.6 Å². The second kappa shape index (κ2) is 6.29. The molecule has 0 spiro atoms. The molecule has 0 bridgehead atoms. The summed E-state index contributed by atoms with van der Waals surface area (Å²) in [6.07, 6.45) is 0. The molecule has 4 heteroatoms. The second-order valence-electron chi connectivity index (χ2n) is 5.32. The summed E-state index contributed by atoms with van der Waals surface area (Å²) in [6.45, 7) is 3.63. The number of nitrogens with one attached hydrogen (secondary N) is 1. The maximum absolute atomic E-state index is 12.5. The highest BCUT2D eigenvalue weighted by molar-refractivity contribution is 6.30. The van der Waals surface area contributed by atoms with Crippen molar-refractivity contribution in [1.82, 2.24) is 5.32 Å². The van der Waals surface area contributed by atoms with Crippen molar-refractivity contribution in [2.75, 3.05) is 0 Å². The fraction of sp³-hybridized carbons (Fsp3) is 0.235. The number of amides is 1. The third kappa shape index (κ3) is 3.63. The lowest BCUT2D eigenvalue weighted by molar-refractivity contribution is -0.126. The molecular weight excluding hydrogens is 284 g/mol. The highest BCUT2D eigenvalue weighted by Gasteiger charge is 2.31. The Morgan fingerprint density at radius 2 is 1.71 bits per heavy atom. The molecule has 2 atom stereocenters. The molecule has 2 aromatic carbocycles. The molecule has 1 unspecified atom stereocenters. The van der Waals surface area contributed by atoms with E-state index in [0.717, 1.165) is 11.1 Å². The van der Waals surface area contributed by atoms with Crippen LogP contribution in [0.3, 0.4) is 0 Å². The Labute approximate surface area is 130 Å². The van der Waals surface area contributed by atoms with Crippen molar-refractivity contribution in [2.45, 2.75) is 25.4 Å². The minimum atomic E-state index is -1.07. The average Bonchev–Trinajstić information content (AvgIpc) is 2.48. The molecule has 0 aromatic heterocycles. The number of carbonyl (C=O) groups excluding carboxylic acids is 1. The Balaban J connectivity index is 2.12. The van der Waals surface area contributed by atoms with E-state index in [1.54, 1.807) is 19.1 Å². The van der Waals surface area contributed by atoms with E-state index in [0.29, 0.717) is 5.02 Å². The fourth-order valence-electron chi connectivity index (χ4n) is 2.10. The summed E-state index contributed by atoms with van der Waals surface area (Å²) in [5, 5.41) is 3.62. The van der Waals surface area contributed by atoms with Crippen molar-refractivity contribution in [1.29, 1.82) is 0 Å². The van der Waals surface area contributed by atoms with Gasteiger partial charge in [0.25, 0.3) is 0 Å². The summed E-state index contributed by atoms with van der Waals surface area (Å²) < 4.78 is 0. The van der Waals surface area contributed by atoms with Gasteiger partial charge in [0.2, 0.25) is 5.91 Å². The zero-order valence-corrected chi connectivity index (χ0v) is 12.9. The van der Waals surface area contributed by atoms with Gasteiger partial charge in [-0.25, -0.2) is 0 Å². The Morgan fingerprint density at radius 1 is 1.14 bits per heavy atom. The molecule has 0 aliphatic rings. The molecule has 2 rings (SSSR count). The van der Waals surface area contributed by atoms with E-state index < -0.39 is 5.54 Å². The smallest absolute Gasteiger partial charge is 0.244 e. The zero-order chi connectivity index (χ0) is 15.5. The molecule has 0 aliphatic heterocycles. The van der Waals surface area contributed by atoms with E-state index in [-0.39, 0.29) is 11.9 Å². The Kier molecular flexibility index (Phi) is 4.66. The molecule has 3 nitrogen and oxygen atoms in total. The summed E-state index contributed by atoms with van der Waals surface area (Å²) in [7, 11) is 0. The zero-order valence-electron chi connectivity index (χ0n) is 12.1. The number of nitrogens with two attached hydrogens (primary N) is 1. The lowest BCUT2D eigenvalue weighted by Gasteiger charge is -2.26. The Hall–Kier alpha value is -1.84. The topological polar surface area (TPSA) is 55.1 Å². The number of carbonyl (C=O) groups is 1. The molecule has 0 aliphatic carbocycles. The molecule has 110 valence electrons. The molecule has 0 saturated heterocycles. The van der Waals surface area contributed by atoms with Crippen LogP contribution in [0, 0.1) is 0 Å². The van der Waals surface area contributed by atoms with Crippen LogP contribution in [-0.4, -0.2) is 5.91 Å². The molecule has 2 aromatic rings. The van der Waals surface area contributed by atoms with Crippen LogP contribution in [0.15, 0.2) is 54.6 Å². The largest absolute Gasteiger partial charge is 0.348 e. The summed E-state index contributed by atoms with van der Waals surface area (Å²) in [5.74, 6) is -0.212. The molecule has 0 saturated carbocycles. The number of benzene rings is 2. The van der Waals surface area contributed by atoms with Crippen molar-refractivity contribution in [3.63, 3.8) is 0 Å². The van der Waals surface area contributed by atoms with E-state index in [4.69, 9.17) is 17.3 Å². The highest BCUT2D eigenvalue weighted by atomic mass is 35.5. The van der Waals surface area contributed by atoms with Crippen LogP contribution in [-0.2, 0) is 10.3 Å². The van der Waals surface area contributed by atoms with Gasteiger partial charge in [-0.2, -0.15) is 0 Å². The van der Waals surface area contributed by atoms with Gasteiger partial charge in [-0.05, 0) is 37.1 Å². The highest BCUT2D eigenvalue weighted by Crippen LogP contribution is 2.21. The quantitative estimate of drug-likeness (QED) is 0.909. The molecule has 0 radical (unpaired) electrons. The van der Waals surface area contributed by atoms with Gasteiger partial charge in [0.05, 0.1) is 6.04 Å². The number of hydrogen-bond donors (Lipinski definition) is 2. The van der Waals surface area contributed by atoms with E-state index in [9.17, 15) is 4.79 Å². The van der Waals surface area contributed by atoms with E-state index in [1.165, 1.54) is 0 Å². The van der Waals surface area contributed by atoms with E-state index in [1.807, 2.05) is 49.4 Å². The standard InChI is InChI=1S/C17H19ClN2O/c1-12(13-8-10-15(18)11-9-13)20-16(21)17(2,19)14-6-4-3-5-7-14/h3-12H,19H2,1-2H3,(H,20,21)/t12-,17?/m0/s1. The van der Waals surface area contributed by atoms with E-state index in [2.05, 4.69) is 5.32 Å². The molecule has 0 heterocycles. The third-order valence-electron chi connectivity index (χ3n) is 3.56. The molecule has 0 fully saturated rings. The van der Waals surface area contributed by atoms with Crippen molar-refractivity contribution in [3.8, 4) is 0 Å². The van der Waals surface area contributed by atoms with Gasteiger partial charge < -0.3 is 11.1 Å². The van der Waals surface area contributed by atoms with Crippen LogP contribution in [0.4, 0.5) is 0 Å². The van der Waals surface area contributed by atoms with Gasteiger partial charge in [0.15, 0.2) is 0 Å². The van der Waals surface area contributed by atoms with Crippen LogP contribution < -0.4 is 11.1 Å². The van der Waals surface area contributed by atoms with Gasteiger partial charge in [-0.15, -0.1) is 0 Å². The summed E-state index contributed by atoms with van der Waals surface area (Å²) in [6, 6.07) is 16.6. The first-order chi connectivity index (χ1) is 9.91. The lowest BCUT2D eigenvalue weighted by Crippen LogP contribution is -2.49. The van der Waals surface area contributed by atoms with Crippen LogP contribution in [0.1, 0.15) is 31.0 Å². The Morgan fingerprint density at radius 3 is 2.29 bits per heavy atom. The van der Waals surface area contributed by atoms with Crippen molar-refractivity contribution >= 4 is 17.5 Å². The van der Waals surface area contributed by atoms with Crippen LogP contribution in [0.25, 0.3) is 0 Å². The van der Waals surface area contributed by atoms with Crippen molar-refractivity contribution in [2.24, 2.45) is 5.73 Å². The minimum absolute atomic E-state index is 0.138. The molecule has 1 amide bonds. The maximum Gasteiger partial charge on any atom is 0.244 e. The number of hydrogen-bond acceptors (Lipinski definition) is 2. The SMILES string of the molecule is C[C@H](NC(=O)C(C)(N)c1ccccc1)c1ccc(Cl)cc1. The molecule has 21 heavy (non-hydrogen) atoms. The lowest BCUT2D eigenvalue weighted by atomic mass is 9.91. The van der Waals surface area contributed by atoms with Gasteiger partial charge in [0.1, 0.15) is 5.54 Å². The van der Waals surface area contributed by atoms with Crippen molar-refractivity contribution < 1.29 is 4.79 Å². The average molecular weight is 303 g/mol. The first-order valence-electron chi connectivity index (χ1n) is 6.82. The van der Waals surface area contributed by atoms with Gasteiger partial charge in [-0.3, -0.25) is 4.79 Å². The molecule has 3 N–H and O–H groups in total. The first-order valence-corrected chi connectivity index (χ1v) is 7.20. The predicted molar refractivity (Wildman–Crippen MR) is 86.0 cm³/mol. The maximum atomic E-state index is 12.5. The van der Waals surface area contributed by atoms with Gasteiger partial charge in [0, 0.05) is 5.02 Å². The van der Waals surface area contributed by atoms with Gasteiger partial charge in [-0.1, -0.05) is 54.1 Å².